The van der Waals surface area contributed by atoms with Crippen molar-refractivity contribution >= 4 is 30.1 Å². The van der Waals surface area contributed by atoms with Crippen LogP contribution in [0.2, 0.25) is 0 Å². The molecule has 0 saturated carbocycles. The summed E-state index contributed by atoms with van der Waals surface area (Å²) >= 11 is 0. The van der Waals surface area contributed by atoms with E-state index in [4.69, 9.17) is 24.2 Å². The minimum Gasteiger partial charge on any atom is -0.462 e. The highest BCUT2D eigenvalue weighted by atomic mass is 16.6. The van der Waals surface area contributed by atoms with E-state index < -0.39 is 49.4 Å². The molecule has 1 atom stereocenters. The van der Waals surface area contributed by atoms with E-state index in [-0.39, 0.29) is 37.3 Å². The van der Waals surface area contributed by atoms with Crippen LogP contribution in [0.25, 0.3) is 0 Å². The number of esters is 3. The van der Waals surface area contributed by atoms with Gasteiger partial charge in [0.1, 0.15) is 26.4 Å². The lowest BCUT2D eigenvalue weighted by atomic mass is 10.1. The summed E-state index contributed by atoms with van der Waals surface area (Å²) in [6, 6.07) is -1.07. The molecule has 0 saturated heterocycles. The van der Waals surface area contributed by atoms with Gasteiger partial charge in [-0.25, -0.2) is 24.0 Å². The molecule has 1 amide bonds. The van der Waals surface area contributed by atoms with Crippen molar-refractivity contribution in [3.8, 4) is 6.26 Å². The van der Waals surface area contributed by atoms with Gasteiger partial charge in [0.25, 0.3) is 6.26 Å². The zero-order valence-corrected chi connectivity index (χ0v) is 19.7. The van der Waals surface area contributed by atoms with Crippen LogP contribution in [-0.4, -0.2) is 75.2 Å². The summed E-state index contributed by atoms with van der Waals surface area (Å²) in [5.41, 5.74) is 0.253. The van der Waals surface area contributed by atoms with Crippen molar-refractivity contribution in [1.29, 1.82) is 5.26 Å². The van der Waals surface area contributed by atoms with Crippen LogP contribution in [0.4, 0.5) is 4.79 Å². The Labute approximate surface area is 202 Å². The van der Waals surface area contributed by atoms with Crippen LogP contribution >= 0.6 is 0 Å². The number of alkyl carbamates (subject to hydrolysis) is 1. The molecule has 0 aliphatic heterocycles. The van der Waals surface area contributed by atoms with Gasteiger partial charge >= 0.3 is 24.0 Å². The Morgan fingerprint density at radius 1 is 0.971 bits per heavy atom. The molecular weight excluding hydrogens is 466 g/mol. The van der Waals surface area contributed by atoms with E-state index in [1.807, 2.05) is 0 Å². The molecule has 192 valence electrons. The molecule has 1 N–H and O–H groups in total. The van der Waals surface area contributed by atoms with Gasteiger partial charge in [0, 0.05) is 11.1 Å². The molecule has 0 heterocycles. The van der Waals surface area contributed by atoms with Crippen molar-refractivity contribution in [3.05, 3.63) is 24.3 Å². The molecule has 0 bridgehead atoms. The normalized spacial score (nSPS) is 10.6. The lowest BCUT2D eigenvalue weighted by molar-refractivity contribution is -0.147. The Balaban J connectivity index is 4.57. The largest absolute Gasteiger partial charge is 0.462 e. The average Bonchev–Trinajstić information content (AvgIpc) is 2.81. The Hall–Kier alpha value is -4.17. The van der Waals surface area contributed by atoms with E-state index in [0.717, 1.165) is 0 Å². The standard InChI is InChI=1S/C22H29N3O10/c1-15(2)19(27)33-11-17(12-34-20(28)16(3)4)35-22(30)24-8-10-32-21(29)18(25-14-26)7-5-6-9-31-13-23/h17-18H,1,3,5-12H2,2,4H3,(H,24,30). The van der Waals surface area contributed by atoms with Crippen LogP contribution < -0.4 is 5.32 Å². The van der Waals surface area contributed by atoms with Crippen molar-refractivity contribution < 1.29 is 47.7 Å². The first-order valence-electron chi connectivity index (χ1n) is 10.5. The maximum atomic E-state index is 12.0. The molecule has 0 aliphatic carbocycles. The number of rotatable bonds is 17. The monoisotopic (exact) mass is 495 g/mol. The molecule has 35 heavy (non-hydrogen) atoms. The van der Waals surface area contributed by atoms with Gasteiger partial charge in [0.2, 0.25) is 6.08 Å². The number of isocyanates is 1. The first-order chi connectivity index (χ1) is 16.6. The van der Waals surface area contributed by atoms with Crippen molar-refractivity contribution in [2.75, 3.05) is 33.0 Å². The Kier molecular flexibility index (Phi) is 16.1. The third-order valence-electron chi connectivity index (χ3n) is 3.91. The third-order valence-corrected chi connectivity index (χ3v) is 3.91. The lowest BCUT2D eigenvalue weighted by Gasteiger charge is -2.18. The molecular formula is C22H29N3O10. The van der Waals surface area contributed by atoms with Crippen LogP contribution in [0.5, 0.6) is 0 Å². The van der Waals surface area contributed by atoms with E-state index in [2.05, 4.69) is 28.2 Å². The lowest BCUT2D eigenvalue weighted by Crippen LogP contribution is -2.37. The van der Waals surface area contributed by atoms with Crippen molar-refractivity contribution in [3.63, 3.8) is 0 Å². The van der Waals surface area contributed by atoms with Gasteiger partial charge in [-0.1, -0.05) is 13.2 Å². The van der Waals surface area contributed by atoms with Gasteiger partial charge in [-0.05, 0) is 33.1 Å². The van der Waals surface area contributed by atoms with Gasteiger partial charge in [-0.3, -0.25) is 0 Å². The van der Waals surface area contributed by atoms with Crippen LogP contribution in [0.15, 0.2) is 29.3 Å². The van der Waals surface area contributed by atoms with Crippen molar-refractivity contribution in [2.24, 2.45) is 4.99 Å². The molecule has 0 fully saturated rings. The molecule has 0 spiro atoms. The molecule has 0 aliphatic rings. The fourth-order valence-corrected chi connectivity index (χ4v) is 2.15. The summed E-state index contributed by atoms with van der Waals surface area (Å²) in [7, 11) is 0. The van der Waals surface area contributed by atoms with Crippen molar-refractivity contribution in [2.45, 2.75) is 45.3 Å². The maximum Gasteiger partial charge on any atom is 0.407 e. The second kappa shape index (κ2) is 18.3. The summed E-state index contributed by atoms with van der Waals surface area (Å²) in [5.74, 6) is -2.23. The zero-order chi connectivity index (χ0) is 26.6. The number of carbonyl (C=O) groups is 4. The fraction of sp³-hybridized carbons (Fsp3) is 0.545. The average molecular weight is 495 g/mol. The van der Waals surface area contributed by atoms with E-state index in [9.17, 15) is 24.0 Å². The Morgan fingerprint density at radius 2 is 1.57 bits per heavy atom. The molecule has 0 aromatic heterocycles. The number of nitrogens with zero attached hydrogens (tertiary/aromatic N) is 2. The summed E-state index contributed by atoms with van der Waals surface area (Å²) in [6.07, 6.45) is 1.85. The van der Waals surface area contributed by atoms with Gasteiger partial charge in [-0.2, -0.15) is 10.3 Å². The number of carbonyl (C=O) groups excluding carboxylic acids is 5. The van der Waals surface area contributed by atoms with E-state index in [0.29, 0.717) is 12.8 Å². The summed E-state index contributed by atoms with van der Waals surface area (Å²) < 4.78 is 24.4. The molecule has 0 aromatic rings. The molecule has 0 radical (unpaired) electrons. The number of unbranched alkanes of at least 4 members (excludes halogenated alkanes) is 1. The first kappa shape index (κ1) is 30.8. The number of amides is 1. The fourth-order valence-electron chi connectivity index (χ4n) is 2.15. The Morgan fingerprint density at radius 3 is 2.09 bits per heavy atom. The number of nitrogens with one attached hydrogen (secondary N) is 1. The van der Waals surface area contributed by atoms with Crippen LogP contribution in [0.3, 0.4) is 0 Å². The van der Waals surface area contributed by atoms with Gasteiger partial charge < -0.3 is 29.0 Å². The van der Waals surface area contributed by atoms with Crippen LogP contribution in [0, 0.1) is 11.5 Å². The summed E-state index contributed by atoms with van der Waals surface area (Å²) in [6.45, 7) is 8.69. The SMILES string of the molecule is C=C(C)C(=O)OCC(COC(=O)C(=C)C)OC(=O)NCCOC(=O)C(CCCCOC#N)N=C=O. The summed E-state index contributed by atoms with van der Waals surface area (Å²) in [4.78, 5) is 61.1. The number of aliphatic imine (C=N–C) groups is 1. The minimum absolute atomic E-state index is 0.127. The van der Waals surface area contributed by atoms with Gasteiger partial charge in [-0.15, -0.1) is 0 Å². The predicted molar refractivity (Wildman–Crippen MR) is 118 cm³/mol. The quantitative estimate of drug-likeness (QED) is 0.0583. The molecule has 13 heteroatoms. The Bertz CT molecular complexity index is 828. The third kappa shape index (κ3) is 15.3. The molecule has 1 unspecified atom stereocenters. The predicted octanol–water partition coefficient (Wildman–Crippen LogP) is 1.24. The number of ether oxygens (including phenoxy) is 5. The number of nitriles is 1. The topological polar surface area (TPSA) is 180 Å². The minimum atomic E-state index is -1.12. The zero-order valence-electron chi connectivity index (χ0n) is 19.7. The molecule has 13 nitrogen and oxygen atoms in total. The second-order valence-electron chi connectivity index (χ2n) is 7.05. The van der Waals surface area contributed by atoms with Crippen LogP contribution in [-0.2, 0) is 42.9 Å². The highest BCUT2D eigenvalue weighted by Gasteiger charge is 2.21. The highest BCUT2D eigenvalue weighted by molar-refractivity contribution is 5.87. The van der Waals surface area contributed by atoms with Crippen LogP contribution in [0.1, 0.15) is 33.1 Å². The van der Waals surface area contributed by atoms with E-state index >= 15 is 0 Å². The highest BCUT2D eigenvalue weighted by Crippen LogP contribution is 2.07. The molecule has 0 aromatic carbocycles. The first-order valence-corrected chi connectivity index (χ1v) is 10.5. The number of hydrogen-bond donors (Lipinski definition) is 1. The molecule has 0 rings (SSSR count). The summed E-state index contributed by atoms with van der Waals surface area (Å²) in [5, 5.41) is 10.6. The van der Waals surface area contributed by atoms with E-state index in [1.165, 1.54) is 26.2 Å². The second-order valence-corrected chi connectivity index (χ2v) is 7.05. The van der Waals surface area contributed by atoms with Gasteiger partial charge in [0.15, 0.2) is 12.1 Å². The van der Waals surface area contributed by atoms with Gasteiger partial charge in [0.05, 0.1) is 6.54 Å². The van der Waals surface area contributed by atoms with Crippen molar-refractivity contribution in [1.82, 2.24) is 5.32 Å². The smallest absolute Gasteiger partial charge is 0.407 e. The maximum absolute atomic E-state index is 12.0. The van der Waals surface area contributed by atoms with E-state index in [1.54, 1.807) is 0 Å². The number of hydrogen-bond acceptors (Lipinski definition) is 12.